The maximum Gasteiger partial charge on any atom is 0.323 e. The van der Waals surface area contributed by atoms with Crippen molar-refractivity contribution in [2.45, 2.75) is 20.0 Å². The number of carbonyl (C=O) groups excluding carboxylic acids is 1. The van der Waals surface area contributed by atoms with E-state index in [0.717, 1.165) is 33.2 Å². The van der Waals surface area contributed by atoms with E-state index in [0.29, 0.717) is 11.6 Å². The number of nitrogens with one attached hydrogen (secondary N) is 1. The second-order valence-electron chi connectivity index (χ2n) is 8.61. The molecular weight excluding hydrogens is 484 g/mol. The molecule has 10 nitrogen and oxygen atoms in total. The average molecular weight is 509 g/mol. The Labute approximate surface area is 217 Å². The summed E-state index contributed by atoms with van der Waals surface area (Å²) in [6, 6.07) is 24.8. The van der Waals surface area contributed by atoms with Crippen molar-refractivity contribution < 1.29 is 19.2 Å². The highest BCUT2D eigenvalue weighted by atomic mass is 16.5. The normalized spacial score (nSPS) is 10.8. The molecule has 0 aliphatic rings. The fourth-order valence-corrected chi connectivity index (χ4v) is 4.02. The monoisotopic (exact) mass is 508 g/mol. The van der Waals surface area contributed by atoms with Gasteiger partial charge in [-0.1, -0.05) is 53.2 Å². The zero-order chi connectivity index (χ0) is 26.5. The van der Waals surface area contributed by atoms with Crippen molar-refractivity contribution in [2.75, 3.05) is 5.32 Å². The predicted molar refractivity (Wildman–Crippen MR) is 142 cm³/mol. The van der Waals surface area contributed by atoms with Crippen molar-refractivity contribution in [3.05, 3.63) is 97.1 Å². The van der Waals surface area contributed by atoms with E-state index in [1.807, 2.05) is 79.7 Å². The zero-order valence-electron chi connectivity index (χ0n) is 20.5. The fourth-order valence-electron chi connectivity index (χ4n) is 4.02. The molecule has 0 atom stereocenters. The van der Waals surface area contributed by atoms with Crippen LogP contribution in [0.4, 0.5) is 5.88 Å². The van der Waals surface area contributed by atoms with Gasteiger partial charge in [0.15, 0.2) is 0 Å². The molecule has 2 N–H and O–H groups in total. The van der Waals surface area contributed by atoms with Crippen molar-refractivity contribution in [3.8, 4) is 11.3 Å². The molecule has 3 heterocycles. The second-order valence-corrected chi connectivity index (χ2v) is 8.61. The molecule has 0 aliphatic heterocycles. The molecule has 6 aromatic rings. The Morgan fingerprint density at radius 3 is 2.11 bits per heavy atom. The summed E-state index contributed by atoms with van der Waals surface area (Å²) in [5.41, 5.74) is 6.22. The molecule has 0 fully saturated rings. The third-order valence-corrected chi connectivity index (χ3v) is 5.76. The summed E-state index contributed by atoms with van der Waals surface area (Å²) in [4.78, 5) is 31.1. The number of carbonyl (C=O) groups is 2. The van der Waals surface area contributed by atoms with Crippen LogP contribution in [-0.4, -0.2) is 41.2 Å². The van der Waals surface area contributed by atoms with Crippen LogP contribution in [-0.2, 0) is 22.7 Å². The first-order chi connectivity index (χ1) is 18.5. The lowest BCUT2D eigenvalue weighted by atomic mass is 10.1. The van der Waals surface area contributed by atoms with Crippen LogP contribution >= 0.6 is 0 Å². The smallest absolute Gasteiger partial charge is 0.323 e. The summed E-state index contributed by atoms with van der Waals surface area (Å²) in [6.45, 7) is 2.13. The summed E-state index contributed by atoms with van der Waals surface area (Å²) in [7, 11) is 0. The van der Waals surface area contributed by atoms with Crippen LogP contribution in [0, 0.1) is 6.92 Å². The minimum absolute atomic E-state index is 0.0412. The maximum atomic E-state index is 12.3. The van der Waals surface area contributed by atoms with Gasteiger partial charge in [-0.2, -0.15) is 0 Å². The summed E-state index contributed by atoms with van der Waals surface area (Å²) < 4.78 is 8.63. The number of hydrogen-bond donors (Lipinski definition) is 2. The highest BCUT2D eigenvalue weighted by Crippen LogP contribution is 2.22. The molecule has 38 heavy (non-hydrogen) atoms. The lowest BCUT2D eigenvalue weighted by Gasteiger charge is -2.03. The van der Waals surface area contributed by atoms with Gasteiger partial charge >= 0.3 is 5.97 Å². The molecule has 1 amide bonds. The van der Waals surface area contributed by atoms with E-state index in [2.05, 4.69) is 20.4 Å². The fraction of sp³-hybridized carbons (Fsp3) is 0.107. The van der Waals surface area contributed by atoms with E-state index < -0.39 is 5.97 Å². The number of amides is 1. The first-order valence-electron chi connectivity index (χ1n) is 11.8. The zero-order valence-corrected chi connectivity index (χ0v) is 20.5. The van der Waals surface area contributed by atoms with Crippen LogP contribution in [0.5, 0.6) is 0 Å². The first kappa shape index (κ1) is 24.4. The Morgan fingerprint density at radius 2 is 1.47 bits per heavy atom. The molecule has 3 aromatic heterocycles. The van der Waals surface area contributed by atoms with Crippen LogP contribution in [0.1, 0.15) is 5.56 Å². The van der Waals surface area contributed by atoms with Crippen LogP contribution in [0.15, 0.2) is 96.0 Å². The van der Waals surface area contributed by atoms with E-state index in [1.165, 1.54) is 0 Å². The molecule has 0 saturated carbocycles. The molecule has 0 spiro atoms. The third kappa shape index (κ3) is 5.59. The van der Waals surface area contributed by atoms with Crippen molar-refractivity contribution in [2.24, 2.45) is 0 Å². The SMILES string of the molecule is Cc1cccc(-c2cc(NC(=O)Cn3cnc4ccccc43)on2)c1.O=C(O)Cn1cnc2ccccc21. The van der Waals surface area contributed by atoms with Gasteiger partial charge in [0.1, 0.15) is 18.8 Å². The predicted octanol–water partition coefficient (Wildman–Crippen LogP) is 4.76. The largest absolute Gasteiger partial charge is 0.480 e. The van der Waals surface area contributed by atoms with Crippen molar-refractivity contribution in [3.63, 3.8) is 0 Å². The van der Waals surface area contributed by atoms with Gasteiger partial charge < -0.3 is 18.8 Å². The standard InChI is InChI=1S/C19H16N4O2.C9H8N2O2/c1-13-5-4-6-14(9-13)16-10-19(25-22-16)21-18(24)11-23-12-20-15-7-2-3-8-17(15)23;12-9(13)5-11-6-10-7-3-1-2-4-8(7)11/h2-10,12H,11H2,1H3,(H,21,24);1-4,6H,5H2,(H,12,13). The number of rotatable bonds is 6. The van der Waals surface area contributed by atoms with Gasteiger partial charge in [0, 0.05) is 11.6 Å². The average Bonchev–Trinajstić information content (AvgIpc) is 3.64. The molecular formula is C28H24N6O4. The number of para-hydroxylation sites is 4. The van der Waals surface area contributed by atoms with Gasteiger partial charge in [0.2, 0.25) is 11.8 Å². The van der Waals surface area contributed by atoms with Gasteiger partial charge in [-0.05, 0) is 37.3 Å². The Morgan fingerprint density at radius 1 is 0.842 bits per heavy atom. The lowest BCUT2D eigenvalue weighted by molar-refractivity contribution is -0.137. The number of aryl methyl sites for hydroxylation is 1. The number of hydrogen-bond acceptors (Lipinski definition) is 6. The first-order valence-corrected chi connectivity index (χ1v) is 11.8. The Bertz CT molecular complexity index is 1730. The molecule has 6 rings (SSSR count). The molecule has 190 valence electrons. The highest BCUT2D eigenvalue weighted by Gasteiger charge is 2.12. The number of carboxylic acids is 1. The number of imidazole rings is 2. The Hall–Kier alpha value is -5.25. The van der Waals surface area contributed by atoms with Crippen molar-refractivity contribution in [1.82, 2.24) is 24.3 Å². The summed E-state index contributed by atoms with van der Waals surface area (Å²) in [6.07, 6.45) is 3.20. The molecule has 10 heteroatoms. The molecule has 0 aliphatic carbocycles. The van der Waals surface area contributed by atoms with Crippen LogP contribution in [0.25, 0.3) is 33.3 Å². The highest BCUT2D eigenvalue weighted by molar-refractivity contribution is 5.90. The van der Waals surface area contributed by atoms with E-state index in [1.54, 1.807) is 27.9 Å². The number of aliphatic carboxylic acids is 1. The topological polar surface area (TPSA) is 128 Å². The summed E-state index contributed by atoms with van der Waals surface area (Å²) >= 11 is 0. The van der Waals surface area contributed by atoms with Gasteiger partial charge in [0.05, 0.1) is 34.7 Å². The summed E-state index contributed by atoms with van der Waals surface area (Å²) in [5.74, 6) is -0.732. The number of fused-ring (bicyclic) bond motifs is 2. The van der Waals surface area contributed by atoms with Crippen LogP contribution < -0.4 is 5.32 Å². The molecule has 0 saturated heterocycles. The van der Waals surface area contributed by atoms with Gasteiger partial charge in [-0.15, -0.1) is 0 Å². The molecule has 0 radical (unpaired) electrons. The van der Waals surface area contributed by atoms with Crippen LogP contribution in [0.2, 0.25) is 0 Å². The Kier molecular flexibility index (Phi) is 6.94. The van der Waals surface area contributed by atoms with Gasteiger partial charge in [0.25, 0.3) is 0 Å². The minimum Gasteiger partial charge on any atom is -0.480 e. The second kappa shape index (κ2) is 10.8. The Balaban J connectivity index is 0.000000190. The molecule has 0 unspecified atom stereocenters. The van der Waals surface area contributed by atoms with Crippen molar-refractivity contribution >= 4 is 39.8 Å². The van der Waals surface area contributed by atoms with Crippen molar-refractivity contribution in [1.29, 1.82) is 0 Å². The minimum atomic E-state index is -0.858. The van der Waals surface area contributed by atoms with Crippen LogP contribution in [0.3, 0.4) is 0 Å². The van der Waals surface area contributed by atoms with E-state index >= 15 is 0 Å². The third-order valence-electron chi connectivity index (χ3n) is 5.76. The summed E-state index contributed by atoms with van der Waals surface area (Å²) in [5, 5.41) is 15.3. The maximum absolute atomic E-state index is 12.3. The quantitative estimate of drug-likeness (QED) is 0.332. The number of carboxylic acid groups (broad SMARTS) is 1. The number of aromatic nitrogens is 5. The van der Waals surface area contributed by atoms with E-state index in [4.69, 9.17) is 9.63 Å². The van der Waals surface area contributed by atoms with Gasteiger partial charge in [-0.3, -0.25) is 14.9 Å². The molecule has 0 bridgehead atoms. The molecule has 3 aromatic carbocycles. The number of nitrogens with zero attached hydrogens (tertiary/aromatic N) is 5. The van der Waals surface area contributed by atoms with E-state index in [9.17, 15) is 9.59 Å². The number of anilines is 1. The lowest BCUT2D eigenvalue weighted by Crippen LogP contribution is -2.17. The number of benzene rings is 3. The van der Waals surface area contributed by atoms with E-state index in [-0.39, 0.29) is 19.0 Å². The van der Waals surface area contributed by atoms with Gasteiger partial charge in [-0.25, -0.2) is 9.97 Å².